The fraction of sp³-hybridized carbons (Fsp3) is 0.867. The molecule has 6 N–H and O–H groups in total. The molecule has 0 aromatic rings. The predicted octanol–water partition coefficient (Wildman–Crippen LogP) is -0.328. The summed E-state index contributed by atoms with van der Waals surface area (Å²) in [6.07, 6.45) is 5.15. The van der Waals surface area contributed by atoms with Gasteiger partial charge < -0.3 is 16.0 Å². The molecule has 130 valence electrons. The third-order valence-corrected chi connectivity index (χ3v) is 3.71. The largest absolute Gasteiger partial charge is 0.345 e. The number of hydrazine groups is 1. The van der Waals surface area contributed by atoms with Gasteiger partial charge in [0, 0.05) is 6.54 Å². The number of unbranched alkanes of at least 4 members (excludes halogenated alkanes) is 2. The highest BCUT2D eigenvalue weighted by Crippen LogP contribution is 2.05. The summed E-state index contributed by atoms with van der Waals surface area (Å²) >= 11 is 0. The van der Waals surface area contributed by atoms with Gasteiger partial charge in [-0.3, -0.25) is 20.9 Å². The van der Waals surface area contributed by atoms with E-state index in [0.717, 1.165) is 38.6 Å². The highest BCUT2D eigenvalue weighted by Gasteiger charge is 2.21. The van der Waals surface area contributed by atoms with Crippen LogP contribution in [0.2, 0.25) is 0 Å². The molecule has 0 aromatic carbocycles. The van der Waals surface area contributed by atoms with E-state index in [-0.39, 0.29) is 17.7 Å². The van der Waals surface area contributed by atoms with Crippen molar-refractivity contribution in [3.8, 4) is 0 Å². The van der Waals surface area contributed by atoms with Gasteiger partial charge in [-0.05, 0) is 59.7 Å². The first kappa shape index (κ1) is 21.0. The Hall–Kier alpha value is -1.02. The van der Waals surface area contributed by atoms with Crippen molar-refractivity contribution in [1.82, 2.24) is 21.4 Å². The van der Waals surface area contributed by atoms with Gasteiger partial charge in [-0.1, -0.05) is 6.42 Å². The van der Waals surface area contributed by atoms with Gasteiger partial charge in [-0.2, -0.15) is 0 Å². The molecule has 0 bridgehead atoms. The summed E-state index contributed by atoms with van der Waals surface area (Å²) in [5.74, 6) is 5.12. The van der Waals surface area contributed by atoms with Crippen LogP contribution in [0.25, 0.3) is 0 Å². The molecule has 7 nitrogen and oxygen atoms in total. The number of nitrogens with two attached hydrogens (primary N) is 1. The molecule has 0 saturated heterocycles. The van der Waals surface area contributed by atoms with E-state index in [4.69, 9.17) is 5.84 Å². The first-order valence-electron chi connectivity index (χ1n) is 8.13. The number of amides is 1. The topological polar surface area (TPSA) is 108 Å². The van der Waals surface area contributed by atoms with Crippen LogP contribution in [-0.4, -0.2) is 51.0 Å². The number of ketones is 1. The number of likely N-dealkylation sites (N-methyl/N-ethyl adjacent to an activating group) is 1. The molecule has 0 aliphatic carbocycles. The van der Waals surface area contributed by atoms with E-state index in [1.165, 1.54) is 6.92 Å². The molecule has 1 amide bonds. The van der Waals surface area contributed by atoms with E-state index in [0.29, 0.717) is 13.0 Å². The van der Waals surface area contributed by atoms with Gasteiger partial charge in [0.05, 0.1) is 12.1 Å². The minimum atomic E-state index is -0.404. The monoisotopic (exact) mass is 315 g/mol. The zero-order valence-corrected chi connectivity index (χ0v) is 14.2. The molecule has 0 fully saturated rings. The molecular formula is C15H33N5O2. The Morgan fingerprint density at radius 3 is 2.05 bits per heavy atom. The summed E-state index contributed by atoms with van der Waals surface area (Å²) in [6.45, 7) is 3.18. The van der Waals surface area contributed by atoms with Crippen LogP contribution in [0.1, 0.15) is 45.4 Å². The lowest BCUT2D eigenvalue weighted by atomic mass is 10.0. The Bertz CT molecular complexity index is 312. The maximum absolute atomic E-state index is 12.3. The molecule has 7 heteroatoms. The van der Waals surface area contributed by atoms with Crippen LogP contribution in [0.4, 0.5) is 0 Å². The molecule has 0 saturated carbocycles. The average Bonchev–Trinajstić information content (AvgIpc) is 2.50. The molecular weight excluding hydrogens is 282 g/mol. The van der Waals surface area contributed by atoms with E-state index in [1.807, 2.05) is 7.05 Å². The summed E-state index contributed by atoms with van der Waals surface area (Å²) in [6, 6.07) is -0.650. The molecule has 2 atom stereocenters. The normalized spacial score (nSPS) is 13.6. The van der Waals surface area contributed by atoms with Gasteiger partial charge in [0.2, 0.25) is 5.91 Å². The lowest BCUT2D eigenvalue weighted by Crippen LogP contribution is -2.49. The molecule has 22 heavy (non-hydrogen) atoms. The smallest absolute Gasteiger partial charge is 0.237 e. The minimum Gasteiger partial charge on any atom is -0.345 e. The number of carbonyl (C=O) groups excluding carboxylic acids is 2. The van der Waals surface area contributed by atoms with Crippen LogP contribution in [0.5, 0.6) is 0 Å². The van der Waals surface area contributed by atoms with E-state index in [2.05, 4.69) is 21.4 Å². The zero-order valence-electron chi connectivity index (χ0n) is 14.2. The molecule has 0 spiro atoms. The zero-order chi connectivity index (χ0) is 16.8. The molecule has 0 rings (SSSR count). The van der Waals surface area contributed by atoms with E-state index < -0.39 is 6.04 Å². The van der Waals surface area contributed by atoms with Gasteiger partial charge >= 0.3 is 0 Å². The number of hydrogen-bond acceptors (Lipinski definition) is 6. The van der Waals surface area contributed by atoms with Crippen molar-refractivity contribution in [3.05, 3.63) is 0 Å². The number of rotatable bonds is 14. The van der Waals surface area contributed by atoms with Crippen molar-refractivity contribution in [2.45, 2.75) is 57.5 Å². The van der Waals surface area contributed by atoms with Gasteiger partial charge in [-0.15, -0.1) is 0 Å². The fourth-order valence-electron chi connectivity index (χ4n) is 2.28. The quantitative estimate of drug-likeness (QED) is 0.171. The lowest BCUT2D eigenvalue weighted by Gasteiger charge is -2.21. The summed E-state index contributed by atoms with van der Waals surface area (Å²) < 4.78 is 0. The van der Waals surface area contributed by atoms with Crippen LogP contribution in [0, 0.1) is 0 Å². The third kappa shape index (κ3) is 9.83. The first-order chi connectivity index (χ1) is 10.6. The summed E-state index contributed by atoms with van der Waals surface area (Å²) in [4.78, 5) is 23.9. The number of nitrogens with one attached hydrogen (secondary N) is 4. The lowest BCUT2D eigenvalue weighted by molar-refractivity contribution is -0.128. The third-order valence-electron chi connectivity index (χ3n) is 3.71. The molecule has 0 heterocycles. The Balaban J connectivity index is 4.23. The van der Waals surface area contributed by atoms with Crippen LogP contribution >= 0.6 is 0 Å². The van der Waals surface area contributed by atoms with Crippen LogP contribution < -0.4 is 27.2 Å². The van der Waals surface area contributed by atoms with Gasteiger partial charge in [-0.25, -0.2) is 0 Å². The Morgan fingerprint density at radius 2 is 1.55 bits per heavy atom. The Morgan fingerprint density at radius 1 is 0.955 bits per heavy atom. The second-order valence-electron chi connectivity index (χ2n) is 5.56. The minimum absolute atomic E-state index is 0.000839. The molecule has 0 radical (unpaired) electrons. The molecule has 0 aromatic heterocycles. The standard InChI is InChI=1S/C15H33N5O2/c1-12(21)13(8-5-7-11-19-16)20-15(22)14(18-3)9-4-6-10-17-2/h13-14,17-19H,4-11,16H2,1-3H3,(H,20,22). The predicted molar refractivity (Wildman–Crippen MR) is 89.3 cm³/mol. The van der Waals surface area contributed by atoms with E-state index in [1.54, 1.807) is 7.05 Å². The molecule has 0 aliphatic heterocycles. The average molecular weight is 315 g/mol. The highest BCUT2D eigenvalue weighted by molar-refractivity contribution is 5.89. The second-order valence-corrected chi connectivity index (χ2v) is 5.56. The Labute approximate surface area is 134 Å². The highest BCUT2D eigenvalue weighted by atomic mass is 16.2. The van der Waals surface area contributed by atoms with Gasteiger partial charge in [0.1, 0.15) is 0 Å². The van der Waals surface area contributed by atoms with E-state index >= 15 is 0 Å². The van der Waals surface area contributed by atoms with Gasteiger partial charge in [0.25, 0.3) is 0 Å². The van der Waals surface area contributed by atoms with Crippen LogP contribution in [0.3, 0.4) is 0 Å². The van der Waals surface area contributed by atoms with Gasteiger partial charge in [0.15, 0.2) is 5.78 Å². The summed E-state index contributed by atoms with van der Waals surface area (Å²) in [5.41, 5.74) is 2.58. The van der Waals surface area contributed by atoms with Crippen molar-refractivity contribution in [2.24, 2.45) is 5.84 Å². The van der Waals surface area contributed by atoms with Crippen LogP contribution in [0.15, 0.2) is 0 Å². The first-order valence-corrected chi connectivity index (χ1v) is 8.13. The van der Waals surface area contributed by atoms with Crippen molar-refractivity contribution in [3.63, 3.8) is 0 Å². The molecule has 0 aliphatic rings. The van der Waals surface area contributed by atoms with E-state index in [9.17, 15) is 9.59 Å². The number of carbonyl (C=O) groups is 2. The molecule has 2 unspecified atom stereocenters. The fourth-order valence-corrected chi connectivity index (χ4v) is 2.28. The second kappa shape index (κ2) is 13.6. The van der Waals surface area contributed by atoms with Crippen LogP contribution in [-0.2, 0) is 9.59 Å². The van der Waals surface area contributed by atoms with Crippen molar-refractivity contribution in [2.75, 3.05) is 27.2 Å². The van der Waals surface area contributed by atoms with Crippen molar-refractivity contribution >= 4 is 11.7 Å². The number of hydrogen-bond donors (Lipinski definition) is 5. The summed E-state index contributed by atoms with van der Waals surface area (Å²) in [7, 11) is 3.69. The maximum atomic E-state index is 12.3. The maximum Gasteiger partial charge on any atom is 0.237 e. The van der Waals surface area contributed by atoms with Crippen molar-refractivity contribution in [1.29, 1.82) is 0 Å². The summed E-state index contributed by atoms with van der Waals surface area (Å²) in [5, 5.41) is 8.99. The SMILES string of the molecule is CNCCCCC(NC)C(=O)NC(CCCCNN)C(C)=O. The Kier molecular flexibility index (Phi) is 13.0. The van der Waals surface area contributed by atoms with Crippen molar-refractivity contribution < 1.29 is 9.59 Å². The number of Topliss-reactive ketones (excluding diaryl/α,β-unsaturated/α-hetero) is 1.